The number of hydrogen-bond donors (Lipinski definition) is 3. The van der Waals surface area contributed by atoms with Gasteiger partial charge >= 0.3 is 0 Å². The quantitative estimate of drug-likeness (QED) is 0.446. The minimum Gasteiger partial charge on any atom is -0.345 e. The van der Waals surface area contributed by atoms with Crippen molar-refractivity contribution in [3.05, 3.63) is 53.6 Å². The second-order valence-corrected chi connectivity index (χ2v) is 6.71. The van der Waals surface area contributed by atoms with Crippen LogP contribution in [-0.4, -0.2) is 37.6 Å². The van der Waals surface area contributed by atoms with E-state index >= 15 is 0 Å². The number of carbonyl (C=O) groups is 1. The summed E-state index contributed by atoms with van der Waals surface area (Å²) in [6.45, 7) is 8.80. The molecule has 0 spiro atoms. The van der Waals surface area contributed by atoms with E-state index in [1.807, 2.05) is 24.8 Å². The number of hydroxylamine groups is 1. The molecule has 0 saturated heterocycles. The predicted octanol–water partition coefficient (Wildman–Crippen LogP) is 3.58. The second kappa shape index (κ2) is 8.18. The van der Waals surface area contributed by atoms with Gasteiger partial charge in [0.15, 0.2) is 0 Å². The number of aromatic nitrogens is 4. The summed E-state index contributed by atoms with van der Waals surface area (Å²) in [5.74, 6) is 1.14. The molecule has 0 unspecified atom stereocenters. The second-order valence-electron chi connectivity index (χ2n) is 6.71. The smallest absolute Gasteiger partial charge is 0.274 e. The molecule has 28 heavy (non-hydrogen) atoms. The molecular weight excluding hydrogens is 356 g/mol. The molecule has 3 rings (SSSR count). The Balaban J connectivity index is 1.97. The summed E-state index contributed by atoms with van der Waals surface area (Å²) in [7, 11) is 0. The van der Waals surface area contributed by atoms with E-state index in [0.29, 0.717) is 24.0 Å². The van der Waals surface area contributed by atoms with Crippen LogP contribution >= 0.6 is 0 Å². The van der Waals surface area contributed by atoms with Crippen LogP contribution < -0.4 is 10.4 Å². The number of carbonyl (C=O) groups excluding carboxylic acids is 1. The molecule has 0 aliphatic carbocycles. The third kappa shape index (κ3) is 3.86. The fourth-order valence-electron chi connectivity index (χ4n) is 3.03. The number of anilines is 2. The van der Waals surface area contributed by atoms with Crippen LogP contribution in [0.25, 0.3) is 11.4 Å². The molecule has 0 aliphatic rings. The van der Waals surface area contributed by atoms with E-state index in [1.54, 1.807) is 35.9 Å². The van der Waals surface area contributed by atoms with Gasteiger partial charge in [0, 0.05) is 29.7 Å². The standard InChI is InChI=1S/C20H24N6O2/c1-5-26(15-8-6-14(7-9-15)19(27)25-28)20-21-11-10-16(24-20)18-17(12(2)3)22-13(4)23-18/h6-12,28H,5H2,1-4H3,(H,22,23)(H,25,27). The zero-order chi connectivity index (χ0) is 20.3. The van der Waals surface area contributed by atoms with E-state index in [4.69, 9.17) is 10.2 Å². The molecule has 0 atom stereocenters. The van der Waals surface area contributed by atoms with E-state index < -0.39 is 5.91 Å². The molecule has 146 valence electrons. The summed E-state index contributed by atoms with van der Waals surface area (Å²) in [4.78, 5) is 30.5. The van der Waals surface area contributed by atoms with Gasteiger partial charge in [0.1, 0.15) is 11.5 Å². The maximum absolute atomic E-state index is 11.5. The van der Waals surface area contributed by atoms with Crippen LogP contribution in [-0.2, 0) is 0 Å². The fourth-order valence-corrected chi connectivity index (χ4v) is 3.03. The zero-order valence-corrected chi connectivity index (χ0v) is 16.4. The molecule has 0 saturated carbocycles. The lowest BCUT2D eigenvalue weighted by atomic mass is 10.1. The third-order valence-corrected chi connectivity index (χ3v) is 4.41. The van der Waals surface area contributed by atoms with Gasteiger partial charge in [-0.25, -0.2) is 20.4 Å². The van der Waals surface area contributed by atoms with Crippen molar-refractivity contribution in [1.82, 2.24) is 25.4 Å². The molecule has 3 N–H and O–H groups in total. The first-order valence-corrected chi connectivity index (χ1v) is 9.16. The number of nitrogens with one attached hydrogen (secondary N) is 2. The van der Waals surface area contributed by atoms with Crippen LogP contribution in [0.15, 0.2) is 36.5 Å². The monoisotopic (exact) mass is 380 g/mol. The Bertz CT molecular complexity index is 965. The van der Waals surface area contributed by atoms with Crippen molar-refractivity contribution in [3.63, 3.8) is 0 Å². The van der Waals surface area contributed by atoms with Crippen molar-refractivity contribution in [2.45, 2.75) is 33.6 Å². The van der Waals surface area contributed by atoms with E-state index in [1.165, 1.54) is 0 Å². The number of imidazole rings is 1. The summed E-state index contributed by atoms with van der Waals surface area (Å²) >= 11 is 0. The van der Waals surface area contributed by atoms with Gasteiger partial charge in [0.25, 0.3) is 5.91 Å². The normalized spacial score (nSPS) is 10.9. The number of amides is 1. The molecule has 8 nitrogen and oxygen atoms in total. The molecule has 2 heterocycles. The lowest BCUT2D eigenvalue weighted by molar-refractivity contribution is 0.0706. The molecule has 0 bridgehead atoms. The van der Waals surface area contributed by atoms with Crippen molar-refractivity contribution in [3.8, 4) is 11.4 Å². The highest BCUT2D eigenvalue weighted by Gasteiger charge is 2.17. The lowest BCUT2D eigenvalue weighted by Crippen LogP contribution is -2.20. The molecule has 0 radical (unpaired) electrons. The molecule has 0 aliphatic heterocycles. The highest BCUT2D eigenvalue weighted by Crippen LogP contribution is 2.28. The minimum atomic E-state index is -0.553. The van der Waals surface area contributed by atoms with E-state index in [-0.39, 0.29) is 0 Å². The Kier molecular flexibility index (Phi) is 5.70. The van der Waals surface area contributed by atoms with Gasteiger partial charge in [-0.3, -0.25) is 10.0 Å². The Morgan fingerprint density at radius 2 is 1.93 bits per heavy atom. The molecule has 8 heteroatoms. The Labute approximate surface area is 163 Å². The number of rotatable bonds is 6. The van der Waals surface area contributed by atoms with Crippen molar-refractivity contribution >= 4 is 17.5 Å². The van der Waals surface area contributed by atoms with Crippen molar-refractivity contribution in [2.75, 3.05) is 11.4 Å². The number of hydrogen-bond acceptors (Lipinski definition) is 6. The number of benzene rings is 1. The van der Waals surface area contributed by atoms with Crippen molar-refractivity contribution in [2.24, 2.45) is 0 Å². The van der Waals surface area contributed by atoms with E-state index in [2.05, 4.69) is 28.8 Å². The largest absolute Gasteiger partial charge is 0.345 e. The Morgan fingerprint density at radius 1 is 1.21 bits per heavy atom. The molecule has 2 aromatic heterocycles. The van der Waals surface area contributed by atoms with Crippen LogP contribution in [0.2, 0.25) is 0 Å². The maximum Gasteiger partial charge on any atom is 0.274 e. The predicted molar refractivity (Wildman–Crippen MR) is 107 cm³/mol. The van der Waals surface area contributed by atoms with Gasteiger partial charge in [-0.05, 0) is 50.1 Å². The fraction of sp³-hybridized carbons (Fsp3) is 0.300. The molecule has 3 aromatic rings. The Hall–Kier alpha value is -3.26. The van der Waals surface area contributed by atoms with E-state index in [9.17, 15) is 4.79 Å². The molecule has 1 aromatic carbocycles. The van der Waals surface area contributed by atoms with Crippen LogP contribution in [0, 0.1) is 6.92 Å². The van der Waals surface area contributed by atoms with Crippen LogP contribution in [0.1, 0.15) is 48.6 Å². The molecule has 0 fully saturated rings. The van der Waals surface area contributed by atoms with Gasteiger partial charge in [0.2, 0.25) is 5.95 Å². The van der Waals surface area contributed by atoms with Crippen LogP contribution in [0.3, 0.4) is 0 Å². The summed E-state index contributed by atoms with van der Waals surface area (Å²) in [5, 5.41) is 8.75. The average molecular weight is 380 g/mol. The summed E-state index contributed by atoms with van der Waals surface area (Å²) < 4.78 is 0. The van der Waals surface area contributed by atoms with Gasteiger partial charge < -0.3 is 9.88 Å². The number of aryl methyl sites for hydroxylation is 1. The SMILES string of the molecule is CCN(c1ccc(C(=O)NO)cc1)c1nccc(-c2nc(C)[nH]c2C(C)C)n1. The third-order valence-electron chi connectivity index (χ3n) is 4.41. The minimum absolute atomic E-state index is 0.294. The summed E-state index contributed by atoms with van der Waals surface area (Å²) in [6.07, 6.45) is 1.72. The van der Waals surface area contributed by atoms with E-state index in [0.717, 1.165) is 28.6 Å². The number of aromatic amines is 1. The first kappa shape index (κ1) is 19.5. The lowest BCUT2D eigenvalue weighted by Gasteiger charge is -2.21. The first-order valence-electron chi connectivity index (χ1n) is 9.16. The molecular formula is C20H24N6O2. The van der Waals surface area contributed by atoms with Gasteiger partial charge in [0.05, 0.1) is 5.69 Å². The van der Waals surface area contributed by atoms with Gasteiger partial charge in [-0.2, -0.15) is 0 Å². The number of H-pyrrole nitrogens is 1. The highest BCUT2D eigenvalue weighted by atomic mass is 16.5. The van der Waals surface area contributed by atoms with Gasteiger partial charge in [-0.1, -0.05) is 13.8 Å². The molecule has 1 amide bonds. The topological polar surface area (TPSA) is 107 Å². The maximum atomic E-state index is 11.5. The van der Waals surface area contributed by atoms with Gasteiger partial charge in [-0.15, -0.1) is 0 Å². The number of nitrogens with zero attached hydrogens (tertiary/aromatic N) is 4. The summed E-state index contributed by atoms with van der Waals surface area (Å²) in [5.41, 5.74) is 5.48. The highest BCUT2D eigenvalue weighted by molar-refractivity contribution is 5.93. The van der Waals surface area contributed by atoms with Crippen LogP contribution in [0.4, 0.5) is 11.6 Å². The zero-order valence-electron chi connectivity index (χ0n) is 16.4. The average Bonchev–Trinajstić information content (AvgIpc) is 3.11. The Morgan fingerprint density at radius 3 is 2.54 bits per heavy atom. The van der Waals surface area contributed by atoms with Crippen LogP contribution in [0.5, 0.6) is 0 Å². The first-order chi connectivity index (χ1) is 13.4. The van der Waals surface area contributed by atoms with Crippen molar-refractivity contribution in [1.29, 1.82) is 0 Å². The summed E-state index contributed by atoms with van der Waals surface area (Å²) in [6, 6.07) is 8.72. The van der Waals surface area contributed by atoms with Crippen molar-refractivity contribution < 1.29 is 10.0 Å².